The normalized spacial score (nSPS) is 16.7. The van der Waals surface area contributed by atoms with Crippen molar-refractivity contribution in [2.24, 2.45) is 0 Å². The van der Waals surface area contributed by atoms with E-state index in [0.29, 0.717) is 30.0 Å². The molecule has 1 saturated heterocycles. The number of aryl methyl sites for hydroxylation is 1. The predicted molar refractivity (Wildman–Crippen MR) is 83.5 cm³/mol. The van der Waals surface area contributed by atoms with E-state index >= 15 is 0 Å². The average Bonchev–Trinajstić information content (AvgIpc) is 3.04. The van der Waals surface area contributed by atoms with Gasteiger partial charge in [-0.25, -0.2) is 8.42 Å². The molecule has 0 saturated carbocycles. The maximum Gasteiger partial charge on any atom is 0.256 e. The summed E-state index contributed by atoms with van der Waals surface area (Å²) in [5, 5.41) is 9.35. The van der Waals surface area contributed by atoms with Gasteiger partial charge in [0.15, 0.2) is 5.82 Å². The summed E-state index contributed by atoms with van der Waals surface area (Å²) in [6.45, 7) is 2.29. The smallest absolute Gasteiger partial charge is 0.256 e. The van der Waals surface area contributed by atoms with Crippen molar-refractivity contribution in [3.05, 3.63) is 41.6 Å². The number of H-pyrrole nitrogens is 1. The van der Waals surface area contributed by atoms with Crippen molar-refractivity contribution in [2.45, 2.75) is 13.3 Å². The Labute approximate surface area is 128 Å². The maximum atomic E-state index is 12.2. The second kappa shape index (κ2) is 5.45. The highest BCUT2D eigenvalue weighted by molar-refractivity contribution is 7.93. The number of amides is 1. The lowest BCUT2D eigenvalue weighted by Crippen LogP contribution is -2.25. The first-order chi connectivity index (χ1) is 10.5. The van der Waals surface area contributed by atoms with Crippen LogP contribution in [0.1, 0.15) is 22.5 Å². The molecule has 1 fully saturated rings. The predicted octanol–water partition coefficient (Wildman–Crippen LogP) is 1.51. The van der Waals surface area contributed by atoms with Crippen molar-refractivity contribution in [3.63, 3.8) is 0 Å². The summed E-state index contributed by atoms with van der Waals surface area (Å²) in [7, 11) is -3.25. The zero-order valence-electron chi connectivity index (χ0n) is 12.0. The molecular weight excluding hydrogens is 304 g/mol. The molecule has 1 aromatic carbocycles. The van der Waals surface area contributed by atoms with E-state index in [9.17, 15) is 13.2 Å². The molecule has 0 atom stereocenters. The van der Waals surface area contributed by atoms with Gasteiger partial charge in [0.05, 0.1) is 11.4 Å². The minimum Gasteiger partial charge on any atom is -0.305 e. The number of nitrogens with one attached hydrogen (secondary N) is 2. The molecule has 1 amide bonds. The standard InChI is InChI=1S/C14H16N4O3S/c1-10-8-13(17-16-10)15-14(19)11-4-2-5-12(9-11)18-6-3-7-22(18,20)21/h2,4-5,8-9H,3,6-7H2,1H3,(H2,15,16,17,19). The van der Waals surface area contributed by atoms with Gasteiger partial charge in [0.1, 0.15) is 0 Å². The SMILES string of the molecule is Cc1cc(NC(=O)c2cccc(N3CCCS3(=O)=O)c2)n[nH]1. The molecule has 0 spiro atoms. The third-order valence-corrected chi connectivity index (χ3v) is 5.31. The molecule has 2 heterocycles. The van der Waals surface area contributed by atoms with Crippen LogP contribution < -0.4 is 9.62 Å². The van der Waals surface area contributed by atoms with Gasteiger partial charge in [0.2, 0.25) is 10.0 Å². The van der Waals surface area contributed by atoms with Crippen LogP contribution in [0, 0.1) is 6.92 Å². The number of rotatable bonds is 3. The summed E-state index contributed by atoms with van der Waals surface area (Å²) in [6.07, 6.45) is 0.602. The van der Waals surface area contributed by atoms with Crippen LogP contribution in [0.25, 0.3) is 0 Å². The fourth-order valence-electron chi connectivity index (χ4n) is 2.40. The lowest BCUT2D eigenvalue weighted by atomic mass is 10.2. The van der Waals surface area contributed by atoms with Crippen LogP contribution in [-0.4, -0.2) is 36.8 Å². The summed E-state index contributed by atoms with van der Waals surface area (Å²) in [6, 6.07) is 8.30. The van der Waals surface area contributed by atoms with Gasteiger partial charge in [-0.1, -0.05) is 6.07 Å². The number of hydrogen-bond donors (Lipinski definition) is 2. The fraction of sp³-hybridized carbons (Fsp3) is 0.286. The first kappa shape index (κ1) is 14.6. The molecule has 116 valence electrons. The number of aromatic nitrogens is 2. The van der Waals surface area contributed by atoms with E-state index < -0.39 is 10.0 Å². The first-order valence-corrected chi connectivity index (χ1v) is 8.50. The Bertz CT molecular complexity index is 813. The molecule has 22 heavy (non-hydrogen) atoms. The van der Waals surface area contributed by atoms with E-state index in [1.807, 2.05) is 6.92 Å². The van der Waals surface area contributed by atoms with E-state index in [2.05, 4.69) is 15.5 Å². The number of benzene rings is 1. The summed E-state index contributed by atoms with van der Waals surface area (Å²) in [5.41, 5.74) is 1.75. The molecule has 0 bridgehead atoms. The van der Waals surface area contributed by atoms with E-state index in [-0.39, 0.29) is 11.7 Å². The van der Waals surface area contributed by atoms with Crippen LogP contribution in [-0.2, 0) is 10.0 Å². The Balaban J connectivity index is 1.83. The monoisotopic (exact) mass is 320 g/mol. The zero-order valence-corrected chi connectivity index (χ0v) is 12.9. The zero-order chi connectivity index (χ0) is 15.7. The molecule has 0 unspecified atom stereocenters. The molecule has 1 aromatic heterocycles. The van der Waals surface area contributed by atoms with Gasteiger partial charge in [-0.3, -0.25) is 14.2 Å². The van der Waals surface area contributed by atoms with Crippen LogP contribution in [0.15, 0.2) is 30.3 Å². The van der Waals surface area contributed by atoms with Gasteiger partial charge in [0.25, 0.3) is 5.91 Å². The second-order valence-electron chi connectivity index (χ2n) is 5.18. The Kier molecular flexibility index (Phi) is 3.61. The van der Waals surface area contributed by atoms with Gasteiger partial charge < -0.3 is 5.32 Å². The molecule has 1 aliphatic heterocycles. The molecule has 7 nitrogen and oxygen atoms in total. The summed E-state index contributed by atoms with van der Waals surface area (Å²) in [4.78, 5) is 12.2. The lowest BCUT2D eigenvalue weighted by Gasteiger charge is -2.17. The minimum atomic E-state index is -3.25. The van der Waals surface area contributed by atoms with Gasteiger partial charge in [0, 0.05) is 23.9 Å². The highest BCUT2D eigenvalue weighted by atomic mass is 32.2. The molecule has 2 aromatic rings. The highest BCUT2D eigenvalue weighted by Gasteiger charge is 2.28. The van der Waals surface area contributed by atoms with E-state index in [1.165, 1.54) is 4.31 Å². The van der Waals surface area contributed by atoms with Gasteiger partial charge in [-0.05, 0) is 31.5 Å². The van der Waals surface area contributed by atoms with Crippen molar-refractivity contribution in [2.75, 3.05) is 21.9 Å². The Hall–Kier alpha value is -2.35. The van der Waals surface area contributed by atoms with Gasteiger partial charge in [-0.2, -0.15) is 5.10 Å². The van der Waals surface area contributed by atoms with Crippen molar-refractivity contribution < 1.29 is 13.2 Å². The highest BCUT2D eigenvalue weighted by Crippen LogP contribution is 2.25. The van der Waals surface area contributed by atoms with Crippen LogP contribution in [0.3, 0.4) is 0 Å². The van der Waals surface area contributed by atoms with Gasteiger partial charge in [-0.15, -0.1) is 0 Å². The number of carbonyl (C=O) groups is 1. The fourth-order valence-corrected chi connectivity index (χ4v) is 3.96. The third kappa shape index (κ3) is 2.82. The molecular formula is C14H16N4O3S. The number of hydrogen-bond acceptors (Lipinski definition) is 4. The summed E-state index contributed by atoms with van der Waals surface area (Å²) < 4.78 is 25.2. The van der Waals surface area contributed by atoms with Crippen LogP contribution in [0.5, 0.6) is 0 Å². The van der Waals surface area contributed by atoms with Crippen molar-refractivity contribution >= 4 is 27.4 Å². The van der Waals surface area contributed by atoms with Crippen LogP contribution in [0.2, 0.25) is 0 Å². The molecule has 1 aliphatic rings. The lowest BCUT2D eigenvalue weighted by molar-refractivity contribution is 0.102. The second-order valence-corrected chi connectivity index (χ2v) is 7.20. The number of nitrogens with zero attached hydrogens (tertiary/aromatic N) is 2. The molecule has 8 heteroatoms. The topological polar surface area (TPSA) is 95.2 Å². The quantitative estimate of drug-likeness (QED) is 0.896. The van der Waals surface area contributed by atoms with E-state index in [1.54, 1.807) is 30.3 Å². The Morgan fingerprint density at radius 2 is 2.18 bits per heavy atom. The van der Waals surface area contributed by atoms with Gasteiger partial charge >= 0.3 is 0 Å². The van der Waals surface area contributed by atoms with Crippen molar-refractivity contribution in [1.29, 1.82) is 0 Å². The Morgan fingerprint density at radius 1 is 1.36 bits per heavy atom. The number of aromatic amines is 1. The number of anilines is 2. The molecule has 0 radical (unpaired) electrons. The minimum absolute atomic E-state index is 0.149. The molecule has 3 rings (SSSR count). The van der Waals surface area contributed by atoms with E-state index in [0.717, 1.165) is 5.69 Å². The van der Waals surface area contributed by atoms with Crippen LogP contribution >= 0.6 is 0 Å². The molecule has 0 aliphatic carbocycles. The number of carbonyl (C=O) groups excluding carboxylic acids is 1. The molecule has 2 N–H and O–H groups in total. The first-order valence-electron chi connectivity index (χ1n) is 6.89. The van der Waals surface area contributed by atoms with Crippen LogP contribution in [0.4, 0.5) is 11.5 Å². The number of sulfonamides is 1. The summed E-state index contributed by atoms with van der Waals surface area (Å²) in [5.74, 6) is 0.252. The maximum absolute atomic E-state index is 12.2. The third-order valence-electron chi connectivity index (χ3n) is 3.44. The average molecular weight is 320 g/mol. The van der Waals surface area contributed by atoms with Crippen molar-refractivity contribution in [3.8, 4) is 0 Å². The largest absolute Gasteiger partial charge is 0.305 e. The van der Waals surface area contributed by atoms with Crippen molar-refractivity contribution in [1.82, 2.24) is 10.2 Å². The summed E-state index contributed by atoms with van der Waals surface area (Å²) >= 11 is 0. The van der Waals surface area contributed by atoms with E-state index in [4.69, 9.17) is 0 Å². The Morgan fingerprint density at radius 3 is 2.82 bits per heavy atom.